The zero-order valence-corrected chi connectivity index (χ0v) is 12.7. The zero-order valence-electron chi connectivity index (χ0n) is 11.9. The molecule has 5 heteroatoms. The summed E-state index contributed by atoms with van der Waals surface area (Å²) in [5, 5.41) is 3.50. The lowest BCUT2D eigenvalue weighted by atomic mass is 10.1. The highest BCUT2D eigenvalue weighted by molar-refractivity contribution is 7.80. The topological polar surface area (TPSA) is 54.2 Å². The molecule has 19 heavy (non-hydrogen) atoms. The summed E-state index contributed by atoms with van der Waals surface area (Å²) >= 11 is 5.14. The highest BCUT2D eigenvalue weighted by atomic mass is 32.1. The molecule has 1 unspecified atom stereocenters. The molecule has 1 aromatic heterocycles. The van der Waals surface area contributed by atoms with Gasteiger partial charge in [0.25, 0.3) is 0 Å². The van der Waals surface area contributed by atoms with Crippen molar-refractivity contribution < 1.29 is 0 Å². The third-order valence-corrected chi connectivity index (χ3v) is 3.98. The fourth-order valence-electron chi connectivity index (χ4n) is 2.74. The van der Waals surface area contributed by atoms with Gasteiger partial charge in [-0.1, -0.05) is 12.2 Å². The Morgan fingerprint density at radius 3 is 2.89 bits per heavy atom. The highest BCUT2D eigenvalue weighted by Crippen LogP contribution is 2.21. The lowest BCUT2D eigenvalue weighted by molar-refractivity contribution is 0.322. The Balaban J connectivity index is 2.17. The molecule has 0 saturated carbocycles. The average Bonchev–Trinajstić information content (AvgIpc) is 2.70. The van der Waals surface area contributed by atoms with Gasteiger partial charge >= 0.3 is 0 Å². The van der Waals surface area contributed by atoms with Gasteiger partial charge in [-0.15, -0.1) is 0 Å². The Hall–Kier alpha value is -1.20. The SMILES string of the molecule is Cc1cc(NCC2CCCN2C)c(C(N)=S)c(C)n1. The minimum Gasteiger partial charge on any atom is -0.389 e. The van der Waals surface area contributed by atoms with E-state index in [-0.39, 0.29) is 0 Å². The van der Waals surface area contributed by atoms with Crippen LogP contribution in [0.25, 0.3) is 0 Å². The molecule has 0 radical (unpaired) electrons. The van der Waals surface area contributed by atoms with Crippen molar-refractivity contribution in [1.82, 2.24) is 9.88 Å². The van der Waals surface area contributed by atoms with E-state index in [4.69, 9.17) is 18.0 Å². The Bertz CT molecular complexity index is 487. The Kier molecular flexibility index (Phi) is 4.37. The molecule has 0 bridgehead atoms. The van der Waals surface area contributed by atoms with Crippen molar-refractivity contribution in [3.63, 3.8) is 0 Å². The molecule has 0 aromatic carbocycles. The molecule has 1 saturated heterocycles. The highest BCUT2D eigenvalue weighted by Gasteiger charge is 2.21. The molecular formula is C14H22N4S. The van der Waals surface area contributed by atoms with Gasteiger partial charge < -0.3 is 16.0 Å². The van der Waals surface area contributed by atoms with Crippen LogP contribution in [0.4, 0.5) is 5.69 Å². The second kappa shape index (κ2) is 5.84. The number of nitrogens with zero attached hydrogens (tertiary/aromatic N) is 2. The molecule has 1 aliphatic rings. The first-order valence-electron chi connectivity index (χ1n) is 6.71. The fourth-order valence-corrected chi connectivity index (χ4v) is 3.00. The van der Waals surface area contributed by atoms with Crippen LogP contribution >= 0.6 is 12.2 Å². The van der Waals surface area contributed by atoms with E-state index in [0.717, 1.165) is 29.2 Å². The van der Waals surface area contributed by atoms with Crippen LogP contribution in [0.3, 0.4) is 0 Å². The molecule has 104 valence electrons. The van der Waals surface area contributed by atoms with E-state index >= 15 is 0 Å². The second-order valence-corrected chi connectivity index (χ2v) is 5.73. The van der Waals surface area contributed by atoms with Crippen LogP contribution in [0, 0.1) is 13.8 Å². The van der Waals surface area contributed by atoms with Crippen molar-refractivity contribution in [1.29, 1.82) is 0 Å². The number of likely N-dealkylation sites (tertiary alicyclic amines) is 1. The van der Waals surface area contributed by atoms with E-state index in [2.05, 4.69) is 22.2 Å². The van der Waals surface area contributed by atoms with Crippen LogP contribution < -0.4 is 11.1 Å². The van der Waals surface area contributed by atoms with E-state index in [1.54, 1.807) is 0 Å². The summed E-state index contributed by atoms with van der Waals surface area (Å²) in [6, 6.07) is 2.61. The molecule has 1 atom stereocenters. The molecule has 3 N–H and O–H groups in total. The third kappa shape index (κ3) is 3.22. The van der Waals surface area contributed by atoms with E-state index in [1.807, 2.05) is 19.9 Å². The number of nitrogens with two attached hydrogens (primary N) is 1. The summed E-state index contributed by atoms with van der Waals surface area (Å²) in [6.07, 6.45) is 2.52. The average molecular weight is 278 g/mol. The molecule has 1 fully saturated rings. The number of pyridine rings is 1. The van der Waals surface area contributed by atoms with Gasteiger partial charge in [0.1, 0.15) is 4.99 Å². The van der Waals surface area contributed by atoms with Crippen LogP contribution in [0.5, 0.6) is 0 Å². The van der Waals surface area contributed by atoms with Gasteiger partial charge in [0.05, 0.1) is 5.56 Å². The predicted octanol–water partition coefficient (Wildman–Crippen LogP) is 1.84. The van der Waals surface area contributed by atoms with Crippen molar-refractivity contribution in [2.75, 3.05) is 25.5 Å². The predicted molar refractivity (Wildman–Crippen MR) is 83.7 cm³/mol. The number of anilines is 1. The molecule has 0 amide bonds. The van der Waals surface area contributed by atoms with Crippen molar-refractivity contribution in [3.8, 4) is 0 Å². The van der Waals surface area contributed by atoms with Gasteiger partial charge in [-0.3, -0.25) is 4.98 Å². The van der Waals surface area contributed by atoms with Gasteiger partial charge in [-0.05, 0) is 46.3 Å². The molecule has 2 rings (SSSR count). The number of aromatic nitrogens is 1. The van der Waals surface area contributed by atoms with Crippen LogP contribution in [0.2, 0.25) is 0 Å². The number of hydrogen-bond donors (Lipinski definition) is 2. The molecule has 2 heterocycles. The molecule has 1 aliphatic heterocycles. The molecular weight excluding hydrogens is 256 g/mol. The van der Waals surface area contributed by atoms with Gasteiger partial charge in [0, 0.05) is 29.7 Å². The normalized spacial score (nSPS) is 19.6. The van der Waals surface area contributed by atoms with Gasteiger partial charge in [0.15, 0.2) is 0 Å². The second-order valence-electron chi connectivity index (χ2n) is 5.29. The van der Waals surface area contributed by atoms with Crippen LogP contribution in [0.15, 0.2) is 6.07 Å². The molecule has 4 nitrogen and oxygen atoms in total. The zero-order chi connectivity index (χ0) is 14.0. The first kappa shape index (κ1) is 14.2. The van der Waals surface area contributed by atoms with Crippen LogP contribution in [-0.2, 0) is 0 Å². The Morgan fingerprint density at radius 1 is 1.58 bits per heavy atom. The Labute approximate surface area is 120 Å². The minimum absolute atomic E-state index is 0.410. The number of aryl methyl sites for hydroxylation is 2. The van der Waals surface area contributed by atoms with E-state index < -0.39 is 0 Å². The third-order valence-electron chi connectivity index (χ3n) is 3.77. The smallest absolute Gasteiger partial charge is 0.107 e. The van der Waals surface area contributed by atoms with Crippen molar-refractivity contribution in [3.05, 3.63) is 23.0 Å². The van der Waals surface area contributed by atoms with Crippen LogP contribution in [0.1, 0.15) is 29.8 Å². The van der Waals surface area contributed by atoms with Crippen molar-refractivity contribution in [2.45, 2.75) is 32.7 Å². The lowest BCUT2D eigenvalue weighted by Crippen LogP contribution is -2.32. The first-order valence-corrected chi connectivity index (χ1v) is 7.12. The summed E-state index contributed by atoms with van der Waals surface area (Å²) in [6.45, 7) is 6.05. The maximum Gasteiger partial charge on any atom is 0.107 e. The summed E-state index contributed by atoms with van der Waals surface area (Å²) in [5.41, 5.74) is 9.59. The maximum absolute atomic E-state index is 5.82. The number of hydrogen-bond acceptors (Lipinski definition) is 4. The van der Waals surface area contributed by atoms with E-state index in [9.17, 15) is 0 Å². The van der Waals surface area contributed by atoms with Gasteiger partial charge in [0.2, 0.25) is 0 Å². The number of nitrogens with one attached hydrogen (secondary N) is 1. The quantitative estimate of drug-likeness (QED) is 0.823. The maximum atomic E-state index is 5.82. The summed E-state index contributed by atoms with van der Waals surface area (Å²) in [4.78, 5) is 7.24. The number of thiocarbonyl (C=S) groups is 1. The summed E-state index contributed by atoms with van der Waals surface area (Å²) in [5.74, 6) is 0. The van der Waals surface area contributed by atoms with Gasteiger partial charge in [-0.25, -0.2) is 0 Å². The lowest BCUT2D eigenvalue weighted by Gasteiger charge is -2.22. The minimum atomic E-state index is 0.410. The summed E-state index contributed by atoms with van der Waals surface area (Å²) in [7, 11) is 2.18. The van der Waals surface area contributed by atoms with Crippen molar-refractivity contribution >= 4 is 22.9 Å². The van der Waals surface area contributed by atoms with E-state index in [1.165, 1.54) is 19.4 Å². The standard InChI is InChI=1S/C14H22N4S/c1-9-7-12(13(14(15)19)10(2)17-9)16-8-11-5-4-6-18(11)3/h7,11H,4-6,8H2,1-3H3,(H2,15,19)(H,16,17). The molecule has 0 aliphatic carbocycles. The fraction of sp³-hybridized carbons (Fsp3) is 0.571. The molecule has 0 spiro atoms. The molecule has 1 aromatic rings. The van der Waals surface area contributed by atoms with E-state index in [0.29, 0.717) is 11.0 Å². The van der Waals surface area contributed by atoms with Crippen molar-refractivity contribution in [2.24, 2.45) is 5.73 Å². The Morgan fingerprint density at radius 2 is 2.32 bits per heavy atom. The van der Waals surface area contributed by atoms with Crippen LogP contribution in [-0.4, -0.2) is 41.1 Å². The summed E-state index contributed by atoms with van der Waals surface area (Å²) < 4.78 is 0. The number of rotatable bonds is 4. The largest absolute Gasteiger partial charge is 0.389 e. The monoisotopic (exact) mass is 278 g/mol. The number of likely N-dealkylation sites (N-methyl/N-ethyl adjacent to an activating group) is 1. The van der Waals surface area contributed by atoms with Gasteiger partial charge in [-0.2, -0.15) is 0 Å². The first-order chi connectivity index (χ1) is 8.99.